The van der Waals surface area contributed by atoms with Gasteiger partial charge in [0.1, 0.15) is 0 Å². The van der Waals surface area contributed by atoms with Crippen molar-refractivity contribution in [2.45, 2.75) is 31.2 Å². The fraction of sp³-hybridized carbons (Fsp3) is 0.375. The van der Waals surface area contributed by atoms with Gasteiger partial charge in [0.25, 0.3) is 0 Å². The molecule has 128 valence electrons. The number of hydrogen-bond acceptors (Lipinski definition) is 5. The minimum absolute atomic E-state index is 0.151. The summed E-state index contributed by atoms with van der Waals surface area (Å²) >= 11 is 2.14. The molecule has 8 heteroatoms. The lowest BCUT2D eigenvalue weighted by Gasteiger charge is -2.16. The molecule has 0 aliphatic carbocycles. The number of benzene rings is 1. The first kappa shape index (κ1) is 17.6. The summed E-state index contributed by atoms with van der Waals surface area (Å²) in [5.41, 5.74) is 1.52. The zero-order chi connectivity index (χ0) is 17.2. The molecule has 0 radical (unpaired) electrons. The molecule has 2 aromatic rings. The van der Waals surface area contributed by atoms with Crippen LogP contribution in [0, 0.1) is 10.5 Å². The van der Waals surface area contributed by atoms with Crippen molar-refractivity contribution in [3.8, 4) is 0 Å². The van der Waals surface area contributed by atoms with Crippen molar-refractivity contribution in [3.05, 3.63) is 45.3 Å². The molecule has 0 bridgehead atoms. The summed E-state index contributed by atoms with van der Waals surface area (Å²) in [5.74, 6) is 0.691. The van der Waals surface area contributed by atoms with E-state index in [1.807, 2.05) is 13.0 Å². The zero-order valence-corrected chi connectivity index (χ0v) is 16.3. The van der Waals surface area contributed by atoms with E-state index < -0.39 is 10.0 Å². The zero-order valence-electron chi connectivity index (χ0n) is 13.4. The largest absolute Gasteiger partial charge is 0.341 e. The molecule has 3 rings (SSSR count). The maximum absolute atomic E-state index is 12.4. The van der Waals surface area contributed by atoms with Gasteiger partial charge in [0.2, 0.25) is 16.0 Å². The van der Waals surface area contributed by atoms with Crippen LogP contribution in [0.5, 0.6) is 0 Å². The molecule has 1 aliphatic heterocycles. The highest BCUT2D eigenvalue weighted by molar-refractivity contribution is 14.1. The molecule has 24 heavy (non-hydrogen) atoms. The molecule has 1 saturated heterocycles. The lowest BCUT2D eigenvalue weighted by atomic mass is 10.3. The quantitative estimate of drug-likeness (QED) is 0.697. The standard InChI is InChI=1S/C16H19IN4O2S/c1-12-10-14(20-16(19-12)21-8-2-3-9-21)11-18-24(22,23)15-6-4-13(17)5-7-15/h4-7,10,18H,2-3,8-9,11H2,1H3. The first-order chi connectivity index (χ1) is 11.4. The Bertz CT molecular complexity index is 818. The molecule has 1 N–H and O–H groups in total. The summed E-state index contributed by atoms with van der Waals surface area (Å²) in [6.45, 7) is 3.96. The maximum atomic E-state index is 12.4. The van der Waals surface area contributed by atoms with Crippen molar-refractivity contribution in [2.24, 2.45) is 0 Å². The number of rotatable bonds is 5. The first-order valence-corrected chi connectivity index (χ1v) is 10.3. The van der Waals surface area contributed by atoms with Crippen molar-refractivity contribution in [3.63, 3.8) is 0 Å². The van der Waals surface area contributed by atoms with E-state index in [1.54, 1.807) is 24.3 Å². The number of sulfonamides is 1. The van der Waals surface area contributed by atoms with Crippen LogP contribution in [0.4, 0.5) is 5.95 Å². The van der Waals surface area contributed by atoms with Crippen LogP contribution in [0.25, 0.3) is 0 Å². The van der Waals surface area contributed by atoms with Gasteiger partial charge >= 0.3 is 0 Å². The maximum Gasteiger partial charge on any atom is 0.240 e. The predicted molar refractivity (Wildman–Crippen MR) is 101 cm³/mol. The van der Waals surface area contributed by atoms with Crippen LogP contribution < -0.4 is 9.62 Å². The Kier molecular flexibility index (Phi) is 5.36. The molecular weight excluding hydrogens is 439 g/mol. The second-order valence-corrected chi connectivity index (χ2v) is 8.79. The van der Waals surface area contributed by atoms with E-state index in [0.29, 0.717) is 11.6 Å². The van der Waals surface area contributed by atoms with E-state index in [-0.39, 0.29) is 11.4 Å². The molecule has 0 spiro atoms. The molecule has 0 unspecified atom stereocenters. The van der Waals surface area contributed by atoms with Gasteiger partial charge in [0.05, 0.1) is 17.1 Å². The fourth-order valence-corrected chi connectivity index (χ4v) is 3.99. The van der Waals surface area contributed by atoms with Crippen LogP contribution in [-0.2, 0) is 16.6 Å². The van der Waals surface area contributed by atoms with E-state index in [1.165, 1.54) is 0 Å². The number of nitrogens with one attached hydrogen (secondary N) is 1. The van der Waals surface area contributed by atoms with Crippen molar-refractivity contribution >= 4 is 38.6 Å². The molecule has 1 aromatic heterocycles. The van der Waals surface area contributed by atoms with Crippen molar-refractivity contribution in [2.75, 3.05) is 18.0 Å². The van der Waals surface area contributed by atoms with E-state index >= 15 is 0 Å². The third-order valence-electron chi connectivity index (χ3n) is 3.85. The topological polar surface area (TPSA) is 75.2 Å². The van der Waals surface area contributed by atoms with Gasteiger partial charge in [-0.25, -0.2) is 23.1 Å². The molecule has 1 aromatic carbocycles. The number of anilines is 1. The third-order valence-corrected chi connectivity index (χ3v) is 5.99. The van der Waals surface area contributed by atoms with Crippen LogP contribution in [0.1, 0.15) is 24.2 Å². The van der Waals surface area contributed by atoms with Gasteiger partial charge in [-0.1, -0.05) is 0 Å². The Hall–Kier alpha value is -1.26. The van der Waals surface area contributed by atoms with Crippen LogP contribution in [0.3, 0.4) is 0 Å². The van der Waals surface area contributed by atoms with Crippen LogP contribution in [-0.4, -0.2) is 31.5 Å². The number of aryl methyl sites for hydroxylation is 1. The Morgan fingerprint density at radius 3 is 2.50 bits per heavy atom. The molecule has 0 atom stereocenters. The summed E-state index contributed by atoms with van der Waals surface area (Å²) < 4.78 is 28.4. The van der Waals surface area contributed by atoms with Gasteiger partial charge in [0.15, 0.2) is 0 Å². The molecule has 0 amide bonds. The second kappa shape index (κ2) is 7.32. The van der Waals surface area contributed by atoms with Crippen molar-refractivity contribution < 1.29 is 8.42 Å². The van der Waals surface area contributed by atoms with E-state index in [0.717, 1.165) is 35.2 Å². The van der Waals surface area contributed by atoms with E-state index in [2.05, 4.69) is 42.2 Å². The Morgan fingerprint density at radius 2 is 1.83 bits per heavy atom. The van der Waals surface area contributed by atoms with Gasteiger partial charge in [-0.2, -0.15) is 0 Å². The lowest BCUT2D eigenvalue weighted by molar-refractivity contribution is 0.580. The number of halogens is 1. The number of aromatic nitrogens is 2. The monoisotopic (exact) mass is 458 g/mol. The highest BCUT2D eigenvalue weighted by atomic mass is 127. The number of hydrogen-bond donors (Lipinski definition) is 1. The summed E-state index contributed by atoms with van der Waals surface area (Å²) in [5, 5.41) is 0. The Morgan fingerprint density at radius 1 is 1.17 bits per heavy atom. The number of nitrogens with zero attached hydrogens (tertiary/aromatic N) is 3. The molecule has 1 fully saturated rings. The first-order valence-electron chi connectivity index (χ1n) is 7.79. The Balaban J connectivity index is 1.75. The Labute approximate surface area is 155 Å². The SMILES string of the molecule is Cc1cc(CNS(=O)(=O)c2ccc(I)cc2)nc(N2CCCC2)n1. The van der Waals surface area contributed by atoms with Gasteiger partial charge in [0, 0.05) is 22.4 Å². The minimum Gasteiger partial charge on any atom is -0.341 e. The molecular formula is C16H19IN4O2S. The second-order valence-electron chi connectivity index (χ2n) is 5.77. The highest BCUT2D eigenvalue weighted by Crippen LogP contribution is 2.17. The average molecular weight is 458 g/mol. The molecule has 1 aliphatic rings. The van der Waals surface area contributed by atoms with Crippen molar-refractivity contribution in [1.29, 1.82) is 0 Å². The summed E-state index contributed by atoms with van der Waals surface area (Å²) in [6, 6.07) is 8.57. The summed E-state index contributed by atoms with van der Waals surface area (Å²) in [4.78, 5) is 11.4. The molecule has 6 nitrogen and oxygen atoms in total. The van der Waals surface area contributed by atoms with Crippen LogP contribution in [0.2, 0.25) is 0 Å². The van der Waals surface area contributed by atoms with Gasteiger partial charge < -0.3 is 4.90 Å². The van der Waals surface area contributed by atoms with E-state index in [4.69, 9.17) is 0 Å². The van der Waals surface area contributed by atoms with Gasteiger partial charge in [-0.3, -0.25) is 0 Å². The smallest absolute Gasteiger partial charge is 0.240 e. The highest BCUT2D eigenvalue weighted by Gasteiger charge is 2.17. The molecule has 2 heterocycles. The van der Waals surface area contributed by atoms with Gasteiger partial charge in [-0.05, 0) is 72.7 Å². The van der Waals surface area contributed by atoms with Crippen LogP contribution >= 0.6 is 22.6 Å². The molecule has 0 saturated carbocycles. The van der Waals surface area contributed by atoms with E-state index in [9.17, 15) is 8.42 Å². The van der Waals surface area contributed by atoms with Crippen molar-refractivity contribution in [1.82, 2.24) is 14.7 Å². The predicted octanol–water partition coefficient (Wildman–Crippen LogP) is 2.47. The minimum atomic E-state index is -3.55. The van der Waals surface area contributed by atoms with Gasteiger partial charge in [-0.15, -0.1) is 0 Å². The van der Waals surface area contributed by atoms with Crippen LogP contribution in [0.15, 0.2) is 35.2 Å². The third kappa shape index (κ3) is 4.22. The lowest BCUT2D eigenvalue weighted by Crippen LogP contribution is -2.25. The summed E-state index contributed by atoms with van der Waals surface area (Å²) in [7, 11) is -3.55. The summed E-state index contributed by atoms with van der Waals surface area (Å²) in [6.07, 6.45) is 2.29. The normalized spacial score (nSPS) is 15.0. The average Bonchev–Trinajstić information content (AvgIpc) is 3.07. The fourth-order valence-electron chi connectivity index (χ4n) is 2.63.